The minimum Gasteiger partial charge on any atom is -0.328 e. The van der Waals surface area contributed by atoms with E-state index in [0.29, 0.717) is 28.3 Å². The molecule has 0 saturated heterocycles. The molecule has 152 valence electrons. The number of carbonyl (C=O) groups is 1. The molecule has 1 aliphatic carbocycles. The van der Waals surface area contributed by atoms with Crippen LogP contribution in [-0.4, -0.2) is 20.5 Å². The molecule has 5 rings (SSSR count). The number of halogens is 2. The van der Waals surface area contributed by atoms with Crippen LogP contribution in [0.5, 0.6) is 0 Å². The highest BCUT2D eigenvalue weighted by atomic mass is 35.5. The summed E-state index contributed by atoms with van der Waals surface area (Å²) >= 11 is 14.3. The van der Waals surface area contributed by atoms with Gasteiger partial charge in [-0.1, -0.05) is 71.4 Å². The van der Waals surface area contributed by atoms with Gasteiger partial charge >= 0.3 is 0 Å². The molecule has 0 spiro atoms. The van der Waals surface area contributed by atoms with Gasteiger partial charge in [0.1, 0.15) is 6.04 Å². The summed E-state index contributed by atoms with van der Waals surface area (Å²) in [6, 6.07) is 15.0. The van der Waals surface area contributed by atoms with Gasteiger partial charge < -0.3 is 5.32 Å². The van der Waals surface area contributed by atoms with Crippen LogP contribution in [-0.2, 0) is 10.5 Å². The second-order valence-electron chi connectivity index (χ2n) is 7.26. The van der Waals surface area contributed by atoms with Gasteiger partial charge in [-0.2, -0.15) is 4.98 Å². The zero-order valence-electron chi connectivity index (χ0n) is 15.9. The fourth-order valence-electron chi connectivity index (χ4n) is 3.94. The Hall–Kier alpha value is -2.28. The highest BCUT2D eigenvalue weighted by molar-refractivity contribution is 7.98. The Balaban J connectivity index is 1.53. The molecule has 1 unspecified atom stereocenters. The maximum absolute atomic E-state index is 12.9. The smallest absolute Gasteiger partial charge is 0.227 e. The Bertz CT molecular complexity index is 1170. The van der Waals surface area contributed by atoms with Gasteiger partial charge in [-0.3, -0.25) is 4.79 Å². The summed E-state index contributed by atoms with van der Waals surface area (Å²) in [6.07, 6.45) is 2.19. The number of nitrogens with one attached hydrogen (secondary N) is 1. The lowest BCUT2D eigenvalue weighted by Gasteiger charge is -2.32. The molecule has 0 saturated carbocycles. The van der Waals surface area contributed by atoms with Crippen LogP contribution in [0.3, 0.4) is 0 Å². The molecule has 2 heterocycles. The van der Waals surface area contributed by atoms with E-state index < -0.39 is 0 Å². The van der Waals surface area contributed by atoms with Crippen LogP contribution in [0.15, 0.2) is 65.0 Å². The highest BCUT2D eigenvalue weighted by Crippen LogP contribution is 2.42. The fraction of sp³-hybridized carbons (Fsp3) is 0.227. The van der Waals surface area contributed by atoms with Crippen molar-refractivity contribution in [3.8, 4) is 0 Å². The summed E-state index contributed by atoms with van der Waals surface area (Å²) in [5.41, 5.74) is 3.56. The molecule has 8 heteroatoms. The summed E-state index contributed by atoms with van der Waals surface area (Å²) in [4.78, 5) is 17.6. The Labute approximate surface area is 188 Å². The van der Waals surface area contributed by atoms with Gasteiger partial charge in [-0.15, -0.1) is 5.10 Å². The standard InChI is InChI=1S/C22H18Cl2N4OS/c23-15-8-3-1-6-13(15)12-30-22-26-21-25-17-10-5-11-18(29)19(17)20(28(21)27-22)14-7-2-4-9-16(14)24/h1-4,6-9,20H,5,10-12H2,(H,25,26,27). The van der Waals surface area contributed by atoms with Crippen LogP contribution in [0.4, 0.5) is 5.95 Å². The van der Waals surface area contributed by atoms with Crippen LogP contribution in [0.25, 0.3) is 0 Å². The third-order valence-electron chi connectivity index (χ3n) is 5.36. The number of fused-ring (bicyclic) bond motifs is 1. The topological polar surface area (TPSA) is 59.8 Å². The maximum Gasteiger partial charge on any atom is 0.227 e. The molecule has 30 heavy (non-hydrogen) atoms. The lowest BCUT2D eigenvalue weighted by Crippen LogP contribution is -2.31. The molecule has 5 nitrogen and oxygen atoms in total. The average molecular weight is 457 g/mol. The molecular formula is C22H18Cl2N4OS. The quantitative estimate of drug-likeness (QED) is 0.495. The number of hydrogen-bond acceptors (Lipinski definition) is 5. The summed E-state index contributed by atoms with van der Waals surface area (Å²) in [7, 11) is 0. The molecular weight excluding hydrogens is 439 g/mol. The van der Waals surface area contributed by atoms with Crippen molar-refractivity contribution in [1.29, 1.82) is 0 Å². The SMILES string of the molecule is O=C1CCCC2=C1C(c1ccccc1Cl)n1nc(SCc3ccccc3Cl)nc1N2. The minimum absolute atomic E-state index is 0.139. The molecule has 2 aliphatic rings. The van der Waals surface area contributed by atoms with Crippen molar-refractivity contribution >= 4 is 46.7 Å². The Morgan fingerprint density at radius 1 is 1.07 bits per heavy atom. The Morgan fingerprint density at radius 2 is 1.83 bits per heavy atom. The second kappa shape index (κ2) is 8.10. The molecule has 1 atom stereocenters. The van der Waals surface area contributed by atoms with Gasteiger partial charge in [-0.25, -0.2) is 4.68 Å². The number of ketones is 1. The summed E-state index contributed by atoms with van der Waals surface area (Å²) in [5.74, 6) is 1.43. The van der Waals surface area contributed by atoms with Crippen LogP contribution in [0.2, 0.25) is 10.0 Å². The molecule has 1 aliphatic heterocycles. The van der Waals surface area contributed by atoms with Gasteiger partial charge in [-0.05, 0) is 30.5 Å². The van der Waals surface area contributed by atoms with Crippen LogP contribution in [0, 0.1) is 0 Å². The van der Waals surface area contributed by atoms with E-state index >= 15 is 0 Å². The van der Waals surface area contributed by atoms with Crippen molar-refractivity contribution in [2.45, 2.75) is 36.2 Å². The van der Waals surface area contributed by atoms with Crippen LogP contribution >= 0.6 is 35.0 Å². The van der Waals surface area contributed by atoms with Crippen molar-refractivity contribution in [3.63, 3.8) is 0 Å². The van der Waals surface area contributed by atoms with Crippen molar-refractivity contribution in [2.24, 2.45) is 0 Å². The van der Waals surface area contributed by atoms with Crippen LogP contribution in [0.1, 0.15) is 36.4 Å². The van der Waals surface area contributed by atoms with Crippen LogP contribution < -0.4 is 5.32 Å². The number of benzene rings is 2. The van der Waals surface area contributed by atoms with E-state index in [2.05, 4.69) is 10.3 Å². The number of Topliss-reactive ketones (excluding diaryl/α,β-unsaturated/α-hetero) is 1. The molecule has 2 aromatic carbocycles. The number of rotatable bonds is 4. The molecule has 0 radical (unpaired) electrons. The molecule has 0 fully saturated rings. The number of thioether (sulfide) groups is 1. The first-order valence-electron chi connectivity index (χ1n) is 9.72. The second-order valence-corrected chi connectivity index (χ2v) is 9.02. The number of allylic oxidation sites excluding steroid dienone is 2. The predicted octanol–water partition coefficient (Wildman–Crippen LogP) is 5.90. The fourth-order valence-corrected chi connectivity index (χ4v) is 5.29. The molecule has 0 bridgehead atoms. The summed E-state index contributed by atoms with van der Waals surface area (Å²) < 4.78 is 1.79. The summed E-state index contributed by atoms with van der Waals surface area (Å²) in [6.45, 7) is 0. The van der Waals surface area contributed by atoms with E-state index in [1.165, 1.54) is 11.8 Å². The molecule has 0 amide bonds. The van der Waals surface area contributed by atoms with Gasteiger partial charge in [0, 0.05) is 39.1 Å². The highest BCUT2D eigenvalue weighted by Gasteiger charge is 2.37. The van der Waals surface area contributed by atoms with Crippen molar-refractivity contribution < 1.29 is 4.79 Å². The number of anilines is 1. The van der Waals surface area contributed by atoms with Crippen molar-refractivity contribution in [2.75, 3.05) is 5.32 Å². The lowest BCUT2D eigenvalue weighted by atomic mass is 9.85. The minimum atomic E-state index is -0.375. The van der Waals surface area contributed by atoms with Gasteiger partial charge in [0.05, 0.1) is 0 Å². The first kappa shape index (κ1) is 19.7. The van der Waals surface area contributed by atoms with Gasteiger partial charge in [0.2, 0.25) is 11.1 Å². The zero-order chi connectivity index (χ0) is 20.7. The Kier molecular flexibility index (Phi) is 5.31. The first-order chi connectivity index (χ1) is 14.6. The van der Waals surface area contributed by atoms with E-state index in [1.54, 1.807) is 4.68 Å². The third kappa shape index (κ3) is 3.53. The van der Waals surface area contributed by atoms with Gasteiger partial charge in [0.25, 0.3) is 0 Å². The number of nitrogens with zero attached hydrogens (tertiary/aromatic N) is 3. The van der Waals surface area contributed by atoms with E-state index in [-0.39, 0.29) is 11.8 Å². The number of carbonyl (C=O) groups excluding carboxylic acids is 1. The van der Waals surface area contributed by atoms with E-state index in [9.17, 15) is 4.79 Å². The number of aromatic nitrogens is 3. The summed E-state index contributed by atoms with van der Waals surface area (Å²) in [5, 5.41) is 10.0. The monoisotopic (exact) mass is 456 g/mol. The van der Waals surface area contributed by atoms with E-state index in [1.807, 2.05) is 48.5 Å². The van der Waals surface area contributed by atoms with Crippen molar-refractivity contribution in [3.05, 3.63) is 81.0 Å². The largest absolute Gasteiger partial charge is 0.328 e. The molecule has 1 N–H and O–H groups in total. The van der Waals surface area contributed by atoms with E-state index in [0.717, 1.165) is 40.3 Å². The third-order valence-corrected chi connectivity index (χ3v) is 6.96. The maximum atomic E-state index is 12.9. The average Bonchev–Trinajstić information content (AvgIpc) is 3.15. The first-order valence-corrected chi connectivity index (χ1v) is 11.5. The number of hydrogen-bond donors (Lipinski definition) is 1. The normalized spacial score (nSPS) is 18.1. The van der Waals surface area contributed by atoms with Gasteiger partial charge in [0.15, 0.2) is 5.78 Å². The molecule has 1 aromatic heterocycles. The Morgan fingerprint density at radius 3 is 2.63 bits per heavy atom. The predicted molar refractivity (Wildman–Crippen MR) is 120 cm³/mol. The lowest BCUT2D eigenvalue weighted by molar-refractivity contribution is -0.116. The van der Waals surface area contributed by atoms with Crippen molar-refractivity contribution in [1.82, 2.24) is 14.8 Å². The molecule has 3 aromatic rings. The van der Waals surface area contributed by atoms with E-state index in [4.69, 9.17) is 28.3 Å². The zero-order valence-corrected chi connectivity index (χ0v) is 18.3.